The average molecular weight is 492 g/mol. The second-order valence-electron chi connectivity index (χ2n) is 8.95. The second kappa shape index (κ2) is 10.4. The van der Waals surface area contributed by atoms with E-state index in [0.717, 1.165) is 0 Å². The summed E-state index contributed by atoms with van der Waals surface area (Å²) in [5.41, 5.74) is 7.56. The molecule has 0 unspecified atom stereocenters. The number of ether oxygens (including phenoxy) is 2. The highest BCUT2D eigenvalue weighted by Crippen LogP contribution is 2.32. The molecule has 2 aromatic heterocycles. The summed E-state index contributed by atoms with van der Waals surface area (Å²) >= 11 is 0. The number of anilines is 2. The van der Waals surface area contributed by atoms with Crippen LogP contribution in [-0.2, 0) is 9.53 Å². The lowest BCUT2D eigenvalue weighted by Crippen LogP contribution is -2.51. The van der Waals surface area contributed by atoms with Crippen molar-refractivity contribution < 1.29 is 19.4 Å². The van der Waals surface area contributed by atoms with E-state index in [-0.39, 0.29) is 24.0 Å². The summed E-state index contributed by atoms with van der Waals surface area (Å²) < 4.78 is 11.7. The monoisotopic (exact) mass is 491 g/mol. The summed E-state index contributed by atoms with van der Waals surface area (Å²) in [5, 5.41) is 10.5. The van der Waals surface area contributed by atoms with Crippen LogP contribution in [-0.4, -0.2) is 81.3 Å². The van der Waals surface area contributed by atoms with Crippen LogP contribution in [0, 0.1) is 0 Å². The molecule has 1 saturated heterocycles. The molecular weight excluding hydrogens is 462 g/mol. The first-order valence-corrected chi connectivity index (χ1v) is 11.9. The summed E-state index contributed by atoms with van der Waals surface area (Å²) in [6.07, 6.45) is 3.23. The highest BCUT2D eigenvalue weighted by Gasteiger charge is 2.38. The maximum absolute atomic E-state index is 12.8. The van der Waals surface area contributed by atoms with Gasteiger partial charge in [0.15, 0.2) is 6.10 Å². The van der Waals surface area contributed by atoms with Gasteiger partial charge in [-0.2, -0.15) is 4.98 Å². The molecule has 3 N–H and O–H groups in total. The van der Waals surface area contributed by atoms with E-state index in [2.05, 4.69) is 19.9 Å². The summed E-state index contributed by atoms with van der Waals surface area (Å²) in [7, 11) is 1.72. The molecule has 2 fully saturated rings. The number of amides is 1. The van der Waals surface area contributed by atoms with Gasteiger partial charge >= 0.3 is 0 Å². The van der Waals surface area contributed by atoms with E-state index in [1.165, 1.54) is 0 Å². The molecule has 0 radical (unpaired) electrons. The van der Waals surface area contributed by atoms with Crippen molar-refractivity contribution >= 4 is 17.8 Å². The van der Waals surface area contributed by atoms with Crippen molar-refractivity contribution in [3.63, 3.8) is 0 Å². The Morgan fingerprint density at radius 1 is 1.17 bits per heavy atom. The number of aliphatic hydroxyl groups is 1. The third kappa shape index (κ3) is 5.21. The van der Waals surface area contributed by atoms with E-state index >= 15 is 0 Å². The highest BCUT2D eigenvalue weighted by atomic mass is 16.5. The van der Waals surface area contributed by atoms with Crippen molar-refractivity contribution in [3.05, 3.63) is 54.4 Å². The Balaban J connectivity index is 1.27. The number of likely N-dealkylation sites (N-methyl/N-ethyl adjacent to an activating group) is 1. The topological polar surface area (TPSA) is 140 Å². The van der Waals surface area contributed by atoms with Gasteiger partial charge in [0.05, 0.1) is 18.9 Å². The van der Waals surface area contributed by atoms with Gasteiger partial charge in [-0.05, 0) is 5.56 Å². The number of aliphatic hydroxyl groups excluding tert-OH is 1. The molecule has 1 aromatic carbocycles. The maximum atomic E-state index is 12.8. The van der Waals surface area contributed by atoms with Gasteiger partial charge in [0.1, 0.15) is 6.10 Å². The number of hydrogen-bond donors (Lipinski definition) is 2. The van der Waals surface area contributed by atoms with Gasteiger partial charge in [0.2, 0.25) is 17.8 Å². The lowest BCUT2D eigenvalue weighted by atomic mass is 9.87. The molecule has 5 rings (SSSR count). The van der Waals surface area contributed by atoms with Crippen molar-refractivity contribution in [1.29, 1.82) is 0 Å². The lowest BCUT2D eigenvalue weighted by Gasteiger charge is -2.41. The smallest absolute Gasteiger partial charge is 0.256 e. The summed E-state index contributed by atoms with van der Waals surface area (Å²) in [4.78, 5) is 33.9. The number of aromatic nitrogens is 4. The molecule has 3 aromatic rings. The van der Waals surface area contributed by atoms with Gasteiger partial charge in [-0.3, -0.25) is 4.79 Å². The number of carbonyl (C=O) groups excluding carboxylic acids is 1. The van der Waals surface area contributed by atoms with Crippen molar-refractivity contribution in [2.45, 2.75) is 31.1 Å². The van der Waals surface area contributed by atoms with Crippen LogP contribution in [0.3, 0.4) is 0 Å². The number of carbonyl (C=O) groups is 1. The summed E-state index contributed by atoms with van der Waals surface area (Å²) in [5.74, 6) is 0.859. The molecule has 188 valence electrons. The van der Waals surface area contributed by atoms with Crippen LogP contribution in [0.5, 0.6) is 5.88 Å². The minimum Gasteiger partial charge on any atom is -0.474 e. The Bertz CT molecular complexity index is 1180. The van der Waals surface area contributed by atoms with Crippen molar-refractivity contribution in [1.82, 2.24) is 24.8 Å². The van der Waals surface area contributed by atoms with E-state index in [0.29, 0.717) is 67.8 Å². The third-order valence-corrected chi connectivity index (χ3v) is 6.55. The molecule has 0 spiro atoms. The van der Waals surface area contributed by atoms with E-state index in [9.17, 15) is 9.90 Å². The van der Waals surface area contributed by atoms with Crippen LogP contribution in [0.4, 0.5) is 11.9 Å². The maximum Gasteiger partial charge on any atom is 0.256 e. The Morgan fingerprint density at radius 3 is 2.56 bits per heavy atom. The Morgan fingerprint density at radius 2 is 1.86 bits per heavy atom. The van der Waals surface area contributed by atoms with Crippen LogP contribution in [0.2, 0.25) is 0 Å². The van der Waals surface area contributed by atoms with Gasteiger partial charge in [-0.1, -0.05) is 30.3 Å². The first-order valence-electron chi connectivity index (χ1n) is 11.9. The number of hydrogen-bond acceptors (Lipinski definition) is 10. The molecule has 1 amide bonds. The first-order chi connectivity index (χ1) is 17.5. The fraction of sp³-hybridized carbons (Fsp3) is 0.400. The van der Waals surface area contributed by atoms with Crippen LogP contribution < -0.4 is 15.4 Å². The molecule has 3 heterocycles. The number of rotatable bonds is 7. The third-order valence-electron chi connectivity index (χ3n) is 6.55. The molecule has 11 nitrogen and oxygen atoms in total. The van der Waals surface area contributed by atoms with E-state index < -0.39 is 6.10 Å². The predicted molar refractivity (Wildman–Crippen MR) is 132 cm³/mol. The van der Waals surface area contributed by atoms with Crippen molar-refractivity contribution in [2.24, 2.45) is 0 Å². The van der Waals surface area contributed by atoms with Crippen LogP contribution in [0.25, 0.3) is 11.3 Å². The van der Waals surface area contributed by atoms with Crippen LogP contribution >= 0.6 is 0 Å². The van der Waals surface area contributed by atoms with Crippen LogP contribution in [0.1, 0.15) is 24.5 Å². The molecule has 2 aliphatic rings. The molecule has 11 heteroatoms. The number of morpholine rings is 1. The fourth-order valence-electron chi connectivity index (χ4n) is 4.27. The first kappa shape index (κ1) is 23.9. The summed E-state index contributed by atoms with van der Waals surface area (Å²) in [6, 6.07) is 10.7. The SMILES string of the molecule is CN(C(=O)[C@H](O)c1ccccc1)[C@H]1C[C@H](Oc2cc(-c3cnc(N)nc3)nc(N3CCOCC3)n2)C1. The van der Waals surface area contributed by atoms with E-state index in [1.54, 1.807) is 54.7 Å². The van der Waals surface area contributed by atoms with Gasteiger partial charge in [0.25, 0.3) is 5.91 Å². The molecule has 1 aliphatic heterocycles. The molecule has 1 atom stereocenters. The van der Waals surface area contributed by atoms with Gasteiger partial charge in [0, 0.05) is 63.0 Å². The fourth-order valence-corrected chi connectivity index (χ4v) is 4.27. The Labute approximate surface area is 208 Å². The largest absolute Gasteiger partial charge is 0.474 e. The molecule has 0 bridgehead atoms. The molecule has 1 aliphatic carbocycles. The summed E-state index contributed by atoms with van der Waals surface area (Å²) in [6.45, 7) is 2.58. The van der Waals surface area contributed by atoms with Gasteiger partial charge < -0.3 is 30.1 Å². The molecule has 1 saturated carbocycles. The van der Waals surface area contributed by atoms with E-state index in [4.69, 9.17) is 20.2 Å². The Hall–Kier alpha value is -3.83. The Kier molecular flexibility index (Phi) is 6.92. The van der Waals surface area contributed by atoms with Crippen molar-refractivity contribution in [3.8, 4) is 17.1 Å². The molecular formula is C25H29N7O4. The minimum atomic E-state index is -1.18. The number of benzene rings is 1. The quantitative estimate of drug-likeness (QED) is 0.499. The van der Waals surface area contributed by atoms with Crippen LogP contribution in [0.15, 0.2) is 48.8 Å². The number of nitrogens with two attached hydrogens (primary N) is 1. The van der Waals surface area contributed by atoms with Gasteiger partial charge in [-0.15, -0.1) is 0 Å². The number of nitrogens with zero attached hydrogens (tertiary/aromatic N) is 6. The second-order valence-corrected chi connectivity index (χ2v) is 8.95. The number of nitrogen functional groups attached to an aromatic ring is 1. The van der Waals surface area contributed by atoms with Crippen molar-refractivity contribution in [2.75, 3.05) is 44.0 Å². The lowest BCUT2D eigenvalue weighted by molar-refractivity contribution is -0.144. The van der Waals surface area contributed by atoms with Gasteiger partial charge in [-0.25, -0.2) is 15.0 Å². The zero-order valence-electron chi connectivity index (χ0n) is 20.0. The average Bonchev–Trinajstić information content (AvgIpc) is 2.90. The minimum absolute atomic E-state index is 0.0219. The zero-order valence-corrected chi connectivity index (χ0v) is 20.0. The standard InChI is InChI=1S/C25H29N7O4/c1-31(23(34)22(33)16-5-3-2-4-6-16)18-11-19(12-18)36-21-13-20(17-14-27-24(26)28-15-17)29-25(30-21)32-7-9-35-10-8-32/h2-6,13-15,18-19,22,33H,7-12H2,1H3,(H2,26,27,28)/t18-,19-,22-/m1/s1. The normalized spacial score (nSPS) is 20.3. The predicted octanol–water partition coefficient (Wildman–Crippen LogP) is 1.45. The highest BCUT2D eigenvalue weighted by molar-refractivity contribution is 5.82. The van der Waals surface area contributed by atoms with E-state index in [1.807, 2.05) is 6.07 Å². The zero-order chi connectivity index (χ0) is 25.1. The molecule has 36 heavy (non-hydrogen) atoms.